The van der Waals surface area contributed by atoms with Crippen molar-refractivity contribution in [2.45, 2.75) is 6.54 Å². The SMILES string of the molecule is NCc1c(-c2ccc(Cl)cc2)nc2sc(Cl)cn12. The van der Waals surface area contributed by atoms with Gasteiger partial charge in [0.25, 0.3) is 0 Å². The Morgan fingerprint density at radius 2 is 1.94 bits per heavy atom. The van der Waals surface area contributed by atoms with E-state index in [-0.39, 0.29) is 0 Å². The van der Waals surface area contributed by atoms with Crippen molar-refractivity contribution < 1.29 is 0 Å². The van der Waals surface area contributed by atoms with Crippen LogP contribution in [0, 0.1) is 0 Å². The molecular weight excluding hydrogens is 289 g/mol. The highest BCUT2D eigenvalue weighted by atomic mass is 35.5. The smallest absolute Gasteiger partial charge is 0.195 e. The molecule has 0 saturated heterocycles. The van der Waals surface area contributed by atoms with Crippen LogP contribution >= 0.6 is 34.5 Å². The highest BCUT2D eigenvalue weighted by molar-refractivity contribution is 7.20. The standard InChI is InChI=1S/C12H9Cl2N3S/c13-8-3-1-7(2-4-8)11-9(5-15)17-6-10(14)18-12(17)16-11/h1-4,6H,5,15H2. The summed E-state index contributed by atoms with van der Waals surface area (Å²) in [7, 11) is 0. The van der Waals surface area contributed by atoms with E-state index in [1.807, 2.05) is 34.9 Å². The van der Waals surface area contributed by atoms with Gasteiger partial charge in [0, 0.05) is 23.3 Å². The number of fused-ring (bicyclic) bond motifs is 1. The minimum absolute atomic E-state index is 0.409. The summed E-state index contributed by atoms with van der Waals surface area (Å²) < 4.78 is 2.64. The molecule has 0 unspecified atom stereocenters. The maximum atomic E-state index is 5.97. The lowest BCUT2D eigenvalue weighted by atomic mass is 10.1. The van der Waals surface area contributed by atoms with Gasteiger partial charge < -0.3 is 5.73 Å². The van der Waals surface area contributed by atoms with E-state index in [0.29, 0.717) is 15.9 Å². The van der Waals surface area contributed by atoms with Gasteiger partial charge in [0.1, 0.15) is 4.34 Å². The average Bonchev–Trinajstić information content (AvgIpc) is 2.85. The summed E-state index contributed by atoms with van der Waals surface area (Å²) in [6, 6.07) is 7.57. The topological polar surface area (TPSA) is 43.3 Å². The van der Waals surface area contributed by atoms with Gasteiger partial charge in [-0.2, -0.15) is 0 Å². The maximum Gasteiger partial charge on any atom is 0.195 e. The first kappa shape index (κ1) is 12.0. The number of hydrogen-bond acceptors (Lipinski definition) is 3. The summed E-state index contributed by atoms with van der Waals surface area (Å²) >= 11 is 13.3. The van der Waals surface area contributed by atoms with Crippen molar-refractivity contribution >= 4 is 39.5 Å². The van der Waals surface area contributed by atoms with Crippen LogP contribution in [-0.2, 0) is 6.54 Å². The largest absolute Gasteiger partial charge is 0.325 e. The van der Waals surface area contributed by atoms with Gasteiger partial charge in [0.15, 0.2) is 4.96 Å². The zero-order valence-electron chi connectivity index (χ0n) is 9.23. The molecule has 0 aliphatic rings. The average molecular weight is 298 g/mol. The zero-order chi connectivity index (χ0) is 12.7. The molecule has 0 aliphatic carbocycles. The number of benzene rings is 1. The Morgan fingerprint density at radius 3 is 2.61 bits per heavy atom. The lowest BCUT2D eigenvalue weighted by Crippen LogP contribution is -2.01. The number of nitrogens with zero attached hydrogens (tertiary/aromatic N) is 2. The van der Waals surface area contributed by atoms with Gasteiger partial charge in [-0.15, -0.1) is 0 Å². The number of thiazole rings is 1. The number of halogens is 2. The molecule has 0 spiro atoms. The van der Waals surface area contributed by atoms with Crippen LogP contribution in [0.5, 0.6) is 0 Å². The fourth-order valence-electron chi connectivity index (χ4n) is 1.90. The molecule has 0 saturated carbocycles. The number of rotatable bonds is 2. The van der Waals surface area contributed by atoms with E-state index in [0.717, 1.165) is 21.9 Å². The maximum absolute atomic E-state index is 5.97. The summed E-state index contributed by atoms with van der Waals surface area (Å²) in [5.74, 6) is 0. The van der Waals surface area contributed by atoms with E-state index in [2.05, 4.69) is 4.98 Å². The molecule has 6 heteroatoms. The Morgan fingerprint density at radius 1 is 1.22 bits per heavy atom. The molecule has 2 aromatic heterocycles. The van der Waals surface area contributed by atoms with E-state index in [9.17, 15) is 0 Å². The molecule has 0 atom stereocenters. The molecule has 0 radical (unpaired) electrons. The second-order valence-electron chi connectivity index (χ2n) is 3.81. The predicted octanol–water partition coefficient (Wildman–Crippen LogP) is 3.83. The molecule has 2 heterocycles. The lowest BCUT2D eigenvalue weighted by molar-refractivity contribution is 0.970. The minimum atomic E-state index is 0.409. The van der Waals surface area contributed by atoms with E-state index >= 15 is 0 Å². The fraction of sp³-hybridized carbons (Fsp3) is 0.0833. The van der Waals surface area contributed by atoms with E-state index in [4.69, 9.17) is 28.9 Å². The monoisotopic (exact) mass is 297 g/mol. The van der Waals surface area contributed by atoms with Crippen LogP contribution in [-0.4, -0.2) is 9.38 Å². The Hall–Kier alpha value is -1.07. The second-order valence-corrected chi connectivity index (χ2v) is 5.88. The van der Waals surface area contributed by atoms with Crippen LogP contribution in [0.25, 0.3) is 16.2 Å². The van der Waals surface area contributed by atoms with Crippen LogP contribution in [0.2, 0.25) is 9.36 Å². The summed E-state index contributed by atoms with van der Waals surface area (Å²) in [5, 5.41) is 0.706. The summed E-state index contributed by atoms with van der Waals surface area (Å²) in [6.45, 7) is 0.409. The van der Waals surface area contributed by atoms with Gasteiger partial charge in [-0.1, -0.05) is 46.7 Å². The van der Waals surface area contributed by atoms with E-state index in [1.165, 1.54) is 11.3 Å². The third-order valence-corrected chi connectivity index (χ3v) is 4.06. The van der Waals surface area contributed by atoms with Crippen molar-refractivity contribution in [1.82, 2.24) is 9.38 Å². The van der Waals surface area contributed by atoms with Gasteiger partial charge in [0.2, 0.25) is 0 Å². The van der Waals surface area contributed by atoms with Crippen molar-refractivity contribution in [3.8, 4) is 11.3 Å². The zero-order valence-corrected chi connectivity index (χ0v) is 11.6. The van der Waals surface area contributed by atoms with Crippen LogP contribution in [0.1, 0.15) is 5.69 Å². The quantitative estimate of drug-likeness (QED) is 0.781. The van der Waals surface area contributed by atoms with Crippen LogP contribution < -0.4 is 5.73 Å². The Bertz CT molecular complexity index is 700. The molecule has 3 rings (SSSR count). The molecule has 1 aromatic carbocycles. The molecule has 0 amide bonds. The number of hydrogen-bond donors (Lipinski definition) is 1. The number of aromatic nitrogens is 2. The van der Waals surface area contributed by atoms with Gasteiger partial charge in [-0.25, -0.2) is 4.98 Å². The normalized spacial score (nSPS) is 11.3. The molecule has 0 fully saturated rings. The molecule has 2 N–H and O–H groups in total. The van der Waals surface area contributed by atoms with Crippen LogP contribution in [0.4, 0.5) is 0 Å². The summed E-state index contributed by atoms with van der Waals surface area (Å²) in [6.07, 6.45) is 1.84. The molecule has 3 nitrogen and oxygen atoms in total. The second kappa shape index (κ2) is 4.55. The molecule has 3 aromatic rings. The van der Waals surface area contributed by atoms with E-state index < -0.39 is 0 Å². The Labute approximate surface area is 118 Å². The molecule has 92 valence electrons. The van der Waals surface area contributed by atoms with Crippen molar-refractivity contribution in [3.05, 3.63) is 45.5 Å². The van der Waals surface area contributed by atoms with Crippen molar-refractivity contribution in [3.63, 3.8) is 0 Å². The first-order valence-electron chi connectivity index (χ1n) is 5.31. The highest BCUT2D eigenvalue weighted by Gasteiger charge is 2.14. The predicted molar refractivity (Wildman–Crippen MR) is 76.4 cm³/mol. The van der Waals surface area contributed by atoms with Crippen LogP contribution in [0.3, 0.4) is 0 Å². The first-order chi connectivity index (χ1) is 8.69. The van der Waals surface area contributed by atoms with Gasteiger partial charge >= 0.3 is 0 Å². The minimum Gasteiger partial charge on any atom is -0.325 e. The molecule has 0 aliphatic heterocycles. The molecule has 18 heavy (non-hydrogen) atoms. The van der Waals surface area contributed by atoms with Gasteiger partial charge in [0.05, 0.1) is 11.4 Å². The van der Waals surface area contributed by atoms with Crippen molar-refractivity contribution in [1.29, 1.82) is 0 Å². The highest BCUT2D eigenvalue weighted by Crippen LogP contribution is 2.30. The van der Waals surface area contributed by atoms with Crippen molar-refractivity contribution in [2.24, 2.45) is 5.73 Å². The van der Waals surface area contributed by atoms with Crippen molar-refractivity contribution in [2.75, 3.05) is 0 Å². The van der Waals surface area contributed by atoms with Crippen LogP contribution in [0.15, 0.2) is 30.5 Å². The third-order valence-electron chi connectivity index (χ3n) is 2.71. The lowest BCUT2D eigenvalue weighted by Gasteiger charge is -2.01. The first-order valence-corrected chi connectivity index (χ1v) is 6.88. The Kier molecular flexibility index (Phi) is 3.03. The molecular formula is C12H9Cl2N3S. The number of imidazole rings is 1. The fourth-order valence-corrected chi connectivity index (χ4v) is 3.06. The summed E-state index contributed by atoms with van der Waals surface area (Å²) in [4.78, 5) is 5.43. The molecule has 0 bridgehead atoms. The number of nitrogens with two attached hydrogens (primary N) is 1. The van der Waals surface area contributed by atoms with Gasteiger partial charge in [-0.3, -0.25) is 4.40 Å². The van der Waals surface area contributed by atoms with Gasteiger partial charge in [-0.05, 0) is 12.1 Å². The van der Waals surface area contributed by atoms with E-state index in [1.54, 1.807) is 0 Å². The Balaban J connectivity index is 2.22. The summed E-state index contributed by atoms with van der Waals surface area (Å²) in [5.41, 5.74) is 8.66. The third kappa shape index (κ3) is 1.91.